The molecule has 0 radical (unpaired) electrons. The number of primary sulfonamides is 1. The third kappa shape index (κ3) is 4.23. The van der Waals surface area contributed by atoms with Crippen LogP contribution in [0.1, 0.15) is 32.1 Å². The second kappa shape index (κ2) is 7.72. The van der Waals surface area contributed by atoms with Crippen molar-refractivity contribution in [1.82, 2.24) is 15.1 Å². The maximum absolute atomic E-state index is 11.4. The van der Waals surface area contributed by atoms with E-state index in [1.54, 1.807) is 29.0 Å². The number of hydrogen-bond donors (Lipinski definition) is 3. The lowest BCUT2D eigenvalue weighted by Crippen LogP contribution is -2.28. The van der Waals surface area contributed by atoms with Crippen LogP contribution in [0.5, 0.6) is 5.88 Å². The largest absolute Gasteiger partial charge is 0.468 e. The molecular formula is C18H23N6O3S+. The van der Waals surface area contributed by atoms with Gasteiger partial charge in [0, 0.05) is 0 Å². The molecule has 1 aromatic carbocycles. The third-order valence-corrected chi connectivity index (χ3v) is 5.85. The van der Waals surface area contributed by atoms with Crippen molar-refractivity contribution in [2.75, 3.05) is 11.9 Å². The molecule has 4 N–H and O–H groups in total. The van der Waals surface area contributed by atoms with Crippen molar-refractivity contribution < 1.29 is 17.7 Å². The summed E-state index contributed by atoms with van der Waals surface area (Å²) in [5, 5.41) is 11.4. The van der Waals surface area contributed by atoms with Gasteiger partial charge in [-0.1, -0.05) is 29.2 Å². The molecule has 1 aliphatic carbocycles. The van der Waals surface area contributed by atoms with Crippen molar-refractivity contribution in [3.8, 4) is 5.88 Å². The van der Waals surface area contributed by atoms with E-state index in [4.69, 9.17) is 9.88 Å². The number of sulfonamides is 1. The summed E-state index contributed by atoms with van der Waals surface area (Å²) in [5.41, 5.74) is 0.695. The molecule has 9 nitrogen and oxygen atoms in total. The van der Waals surface area contributed by atoms with Gasteiger partial charge in [0.25, 0.3) is 5.88 Å². The topological polar surface area (TPSA) is 127 Å². The Morgan fingerprint density at radius 3 is 2.68 bits per heavy atom. The summed E-state index contributed by atoms with van der Waals surface area (Å²) in [5.74, 6) is 2.22. The van der Waals surface area contributed by atoms with Crippen molar-refractivity contribution in [2.24, 2.45) is 11.1 Å². The third-order valence-electron chi connectivity index (χ3n) is 4.93. The van der Waals surface area contributed by atoms with Crippen LogP contribution in [-0.2, 0) is 10.0 Å². The van der Waals surface area contributed by atoms with E-state index in [1.807, 2.05) is 0 Å². The summed E-state index contributed by atoms with van der Waals surface area (Å²) in [7, 11) is -3.72. The standard InChI is InChI=1S/C18H22N6O3S/c19-28(25,26)15-8-6-14(7-9-15)22-16-10-17(23-18-20-12-21-24(16)18)27-11-13-4-2-1-3-5-13/h6-10,12-13H,1-5,11H2,(H3,19,20,21,22,23,25,26)/p+1. The molecule has 4 rings (SSSR count). The minimum absolute atomic E-state index is 0.0589. The molecule has 2 heterocycles. The summed E-state index contributed by atoms with van der Waals surface area (Å²) < 4.78 is 30.4. The van der Waals surface area contributed by atoms with Crippen LogP contribution >= 0.6 is 0 Å². The smallest absolute Gasteiger partial charge is 0.411 e. The van der Waals surface area contributed by atoms with E-state index in [1.165, 1.54) is 44.2 Å². The van der Waals surface area contributed by atoms with E-state index >= 15 is 0 Å². The van der Waals surface area contributed by atoms with Gasteiger partial charge >= 0.3 is 5.78 Å². The fourth-order valence-corrected chi connectivity index (χ4v) is 3.94. The number of aromatic amines is 1. The zero-order valence-corrected chi connectivity index (χ0v) is 16.2. The fraction of sp³-hybridized carbons (Fsp3) is 0.389. The number of nitrogens with zero attached hydrogens (tertiary/aromatic N) is 3. The molecule has 0 spiro atoms. The Morgan fingerprint density at radius 2 is 1.96 bits per heavy atom. The van der Waals surface area contributed by atoms with Crippen LogP contribution in [0.3, 0.4) is 0 Å². The number of benzene rings is 1. The first-order valence-electron chi connectivity index (χ1n) is 9.28. The molecule has 10 heteroatoms. The Labute approximate surface area is 163 Å². The van der Waals surface area contributed by atoms with E-state index in [0.717, 1.165) is 0 Å². The second-order valence-corrected chi connectivity index (χ2v) is 8.57. The van der Waals surface area contributed by atoms with E-state index in [9.17, 15) is 8.42 Å². The molecule has 0 unspecified atom stereocenters. The van der Waals surface area contributed by atoms with Gasteiger partial charge in [0.1, 0.15) is 0 Å². The molecule has 0 amide bonds. The molecule has 0 saturated heterocycles. The fourth-order valence-electron chi connectivity index (χ4n) is 3.43. The van der Waals surface area contributed by atoms with Crippen molar-refractivity contribution in [3.05, 3.63) is 36.7 Å². The maximum atomic E-state index is 11.4. The van der Waals surface area contributed by atoms with Gasteiger partial charge in [0.15, 0.2) is 6.33 Å². The monoisotopic (exact) mass is 403 g/mol. The SMILES string of the molecule is NS(=O)(=O)c1ccc(Nc2cc(OCC3CCCCC3)nc3nc[nH][n+]23)cc1. The second-order valence-electron chi connectivity index (χ2n) is 7.01. The van der Waals surface area contributed by atoms with Crippen molar-refractivity contribution >= 4 is 27.3 Å². The Bertz CT molecular complexity index is 1060. The number of nitrogens with two attached hydrogens (primary N) is 1. The highest BCUT2D eigenvalue weighted by molar-refractivity contribution is 7.89. The molecule has 2 aromatic heterocycles. The number of nitrogens with one attached hydrogen (secondary N) is 2. The molecule has 0 bridgehead atoms. The lowest BCUT2D eigenvalue weighted by atomic mass is 9.90. The molecule has 1 aliphatic rings. The number of anilines is 2. The summed E-state index contributed by atoms with van der Waals surface area (Å²) >= 11 is 0. The van der Waals surface area contributed by atoms with Crippen molar-refractivity contribution in [1.29, 1.82) is 0 Å². The predicted octanol–water partition coefficient (Wildman–Crippen LogP) is 1.89. The quantitative estimate of drug-likeness (QED) is 0.540. The average molecular weight is 403 g/mol. The molecule has 1 saturated carbocycles. The van der Waals surface area contributed by atoms with E-state index < -0.39 is 10.0 Å². The van der Waals surface area contributed by atoms with Gasteiger partial charge in [-0.2, -0.15) is 0 Å². The Kier molecular flexibility index (Phi) is 5.14. The number of H-pyrrole nitrogens is 1. The first kappa shape index (κ1) is 18.6. The lowest BCUT2D eigenvalue weighted by Gasteiger charge is -2.20. The van der Waals surface area contributed by atoms with Gasteiger partial charge in [-0.05, 0) is 43.0 Å². The van der Waals surface area contributed by atoms with Gasteiger partial charge in [-0.25, -0.2) is 18.7 Å². The van der Waals surface area contributed by atoms with Gasteiger partial charge in [0.05, 0.1) is 23.3 Å². The molecule has 3 aromatic rings. The van der Waals surface area contributed by atoms with Crippen molar-refractivity contribution in [2.45, 2.75) is 37.0 Å². The van der Waals surface area contributed by atoms with Crippen LogP contribution in [0.25, 0.3) is 5.78 Å². The van der Waals surface area contributed by atoms with Gasteiger partial charge in [-0.15, -0.1) is 4.52 Å². The zero-order valence-electron chi connectivity index (χ0n) is 15.3. The Balaban J connectivity index is 1.54. The highest BCUT2D eigenvalue weighted by Crippen LogP contribution is 2.25. The summed E-state index contributed by atoms with van der Waals surface area (Å²) in [6.45, 7) is 0.649. The minimum atomic E-state index is -3.72. The van der Waals surface area contributed by atoms with Crippen molar-refractivity contribution in [3.63, 3.8) is 0 Å². The van der Waals surface area contributed by atoms with E-state index in [2.05, 4.69) is 20.4 Å². The number of hydrogen-bond acceptors (Lipinski definition) is 6. The highest BCUT2D eigenvalue weighted by Gasteiger charge is 2.19. The lowest BCUT2D eigenvalue weighted by molar-refractivity contribution is -0.564. The molecular weight excluding hydrogens is 380 g/mol. The van der Waals surface area contributed by atoms with Crippen LogP contribution in [0.15, 0.2) is 41.6 Å². The summed E-state index contributed by atoms with van der Waals surface area (Å²) in [6.07, 6.45) is 7.77. The normalized spacial score (nSPS) is 15.6. The number of ether oxygens (including phenoxy) is 1. The van der Waals surface area contributed by atoms with E-state index in [-0.39, 0.29) is 4.90 Å². The van der Waals surface area contributed by atoms with Gasteiger partial charge < -0.3 is 4.74 Å². The summed E-state index contributed by atoms with van der Waals surface area (Å²) in [6, 6.07) is 7.99. The minimum Gasteiger partial charge on any atom is -0.468 e. The van der Waals surface area contributed by atoms with Gasteiger partial charge in [-0.3, -0.25) is 5.32 Å². The number of fused-ring (bicyclic) bond motifs is 1. The first-order valence-corrected chi connectivity index (χ1v) is 10.8. The van der Waals surface area contributed by atoms with Crippen LogP contribution in [0.2, 0.25) is 0 Å². The Hall–Kier alpha value is -2.72. The van der Waals surface area contributed by atoms with Crippen LogP contribution in [0.4, 0.5) is 11.5 Å². The van der Waals surface area contributed by atoms with Gasteiger partial charge in [0.2, 0.25) is 15.8 Å². The molecule has 28 heavy (non-hydrogen) atoms. The van der Waals surface area contributed by atoms with Crippen LogP contribution in [-0.4, -0.2) is 30.1 Å². The number of aromatic nitrogens is 4. The summed E-state index contributed by atoms with van der Waals surface area (Å²) in [4.78, 5) is 8.69. The maximum Gasteiger partial charge on any atom is 0.411 e. The number of rotatable bonds is 6. The van der Waals surface area contributed by atoms with Crippen LogP contribution in [0, 0.1) is 5.92 Å². The molecule has 0 atom stereocenters. The molecule has 1 fully saturated rings. The van der Waals surface area contributed by atoms with E-state index in [0.29, 0.717) is 35.7 Å². The molecule has 148 valence electrons. The Morgan fingerprint density at radius 1 is 1.21 bits per heavy atom. The van der Waals surface area contributed by atoms with Crippen LogP contribution < -0.4 is 19.7 Å². The average Bonchev–Trinajstić information content (AvgIpc) is 3.16. The zero-order chi connectivity index (χ0) is 19.6. The first-order chi connectivity index (χ1) is 13.5. The predicted molar refractivity (Wildman–Crippen MR) is 103 cm³/mol. The molecule has 0 aliphatic heterocycles. The highest BCUT2D eigenvalue weighted by atomic mass is 32.2.